The van der Waals surface area contributed by atoms with Crippen molar-refractivity contribution in [1.29, 1.82) is 0 Å². The summed E-state index contributed by atoms with van der Waals surface area (Å²) in [5, 5.41) is 0. The van der Waals surface area contributed by atoms with Gasteiger partial charge in [-0.25, -0.2) is 4.79 Å². The maximum absolute atomic E-state index is 12.5. The number of ketones is 1. The van der Waals surface area contributed by atoms with Crippen LogP contribution in [-0.2, 0) is 9.53 Å². The maximum Gasteiger partial charge on any atom is 0.340 e. The second-order valence-corrected chi connectivity index (χ2v) is 6.06. The van der Waals surface area contributed by atoms with Gasteiger partial charge in [0.05, 0.1) is 5.56 Å². The molecule has 0 unspecified atom stereocenters. The standard InChI is InChI=1S/C19H21NO3/c1-13-12-16(14(2)20(13)15-8-4-3-5-9-15)19(22)23-18-11-7-6-10-17(18)21/h3-5,8-9,12,18H,6-7,10-11H2,1-2H3/t18-/m0/s1. The summed E-state index contributed by atoms with van der Waals surface area (Å²) in [4.78, 5) is 24.3. The molecule has 1 aromatic heterocycles. The molecule has 1 aliphatic rings. The summed E-state index contributed by atoms with van der Waals surface area (Å²) in [5.41, 5.74) is 3.34. The van der Waals surface area contributed by atoms with Gasteiger partial charge in [0, 0.05) is 23.5 Å². The Bertz CT molecular complexity index is 731. The number of Topliss-reactive ketones (excluding diaryl/α,β-unsaturated/α-hetero) is 1. The highest BCUT2D eigenvalue weighted by atomic mass is 16.5. The number of esters is 1. The average molecular weight is 311 g/mol. The summed E-state index contributed by atoms with van der Waals surface area (Å²) in [6, 6.07) is 11.7. The molecule has 1 saturated carbocycles. The zero-order chi connectivity index (χ0) is 16.4. The second-order valence-electron chi connectivity index (χ2n) is 6.06. The molecule has 0 saturated heterocycles. The van der Waals surface area contributed by atoms with Crippen LogP contribution >= 0.6 is 0 Å². The van der Waals surface area contributed by atoms with Gasteiger partial charge in [0.2, 0.25) is 0 Å². The summed E-state index contributed by atoms with van der Waals surface area (Å²) >= 11 is 0. The summed E-state index contributed by atoms with van der Waals surface area (Å²) in [5.74, 6) is -0.359. The van der Waals surface area contributed by atoms with Crippen molar-refractivity contribution in [1.82, 2.24) is 4.57 Å². The van der Waals surface area contributed by atoms with E-state index in [1.807, 2.05) is 54.8 Å². The molecule has 1 aromatic carbocycles. The first-order valence-corrected chi connectivity index (χ1v) is 8.06. The zero-order valence-corrected chi connectivity index (χ0v) is 13.5. The Morgan fingerprint density at radius 2 is 1.91 bits per heavy atom. The predicted molar refractivity (Wildman–Crippen MR) is 87.9 cm³/mol. The molecule has 1 atom stereocenters. The van der Waals surface area contributed by atoms with Gasteiger partial charge in [-0.3, -0.25) is 4.79 Å². The highest BCUT2D eigenvalue weighted by Crippen LogP contribution is 2.24. The van der Waals surface area contributed by atoms with E-state index in [-0.39, 0.29) is 5.78 Å². The lowest BCUT2D eigenvalue weighted by atomic mass is 9.96. The molecular weight excluding hydrogens is 290 g/mol. The minimum atomic E-state index is -0.573. The molecule has 0 aliphatic heterocycles. The first kappa shape index (κ1) is 15.5. The summed E-state index contributed by atoms with van der Waals surface area (Å²) in [6.45, 7) is 3.86. The highest BCUT2D eigenvalue weighted by molar-refractivity contribution is 5.94. The molecule has 0 amide bonds. The van der Waals surface area contributed by atoms with Crippen molar-refractivity contribution >= 4 is 11.8 Å². The van der Waals surface area contributed by atoms with E-state index in [2.05, 4.69) is 0 Å². The Labute approximate surface area is 136 Å². The third kappa shape index (κ3) is 3.07. The van der Waals surface area contributed by atoms with Gasteiger partial charge in [0.25, 0.3) is 0 Å². The smallest absolute Gasteiger partial charge is 0.340 e. The second kappa shape index (κ2) is 6.41. The maximum atomic E-state index is 12.5. The molecule has 0 radical (unpaired) electrons. The van der Waals surface area contributed by atoms with Crippen molar-refractivity contribution in [3.8, 4) is 5.69 Å². The summed E-state index contributed by atoms with van der Waals surface area (Å²) in [6.07, 6.45) is 2.42. The Kier molecular flexibility index (Phi) is 4.33. The fourth-order valence-electron chi connectivity index (χ4n) is 3.21. The molecule has 3 rings (SSSR count). The van der Waals surface area contributed by atoms with Crippen molar-refractivity contribution in [2.75, 3.05) is 0 Å². The van der Waals surface area contributed by atoms with Crippen LogP contribution in [0.4, 0.5) is 0 Å². The average Bonchev–Trinajstić information content (AvgIpc) is 2.85. The number of carbonyl (C=O) groups is 2. The van der Waals surface area contributed by atoms with E-state index in [1.54, 1.807) is 0 Å². The van der Waals surface area contributed by atoms with Crippen molar-refractivity contribution in [2.45, 2.75) is 45.6 Å². The van der Waals surface area contributed by atoms with Gasteiger partial charge < -0.3 is 9.30 Å². The molecule has 4 heteroatoms. The van der Waals surface area contributed by atoms with Gasteiger partial charge in [0.15, 0.2) is 11.9 Å². The van der Waals surface area contributed by atoms with Crippen LogP contribution in [-0.4, -0.2) is 22.4 Å². The van der Waals surface area contributed by atoms with Gasteiger partial charge in [-0.2, -0.15) is 0 Å². The number of hydrogen-bond donors (Lipinski definition) is 0. The lowest BCUT2D eigenvalue weighted by Crippen LogP contribution is -2.30. The third-order valence-electron chi connectivity index (χ3n) is 4.41. The van der Waals surface area contributed by atoms with E-state index < -0.39 is 12.1 Å². The van der Waals surface area contributed by atoms with Gasteiger partial charge >= 0.3 is 5.97 Å². The van der Waals surface area contributed by atoms with Gasteiger partial charge in [-0.05, 0) is 51.3 Å². The van der Waals surface area contributed by atoms with Crippen LogP contribution in [0.2, 0.25) is 0 Å². The molecule has 4 nitrogen and oxygen atoms in total. The first-order chi connectivity index (χ1) is 11.1. The van der Waals surface area contributed by atoms with Crippen molar-refractivity contribution in [2.24, 2.45) is 0 Å². The van der Waals surface area contributed by atoms with E-state index in [4.69, 9.17) is 4.74 Å². The van der Waals surface area contributed by atoms with Crippen LogP contribution in [0.25, 0.3) is 5.69 Å². The number of ether oxygens (including phenoxy) is 1. The minimum Gasteiger partial charge on any atom is -0.451 e. The largest absolute Gasteiger partial charge is 0.451 e. The Morgan fingerprint density at radius 1 is 1.17 bits per heavy atom. The number of rotatable bonds is 3. The molecule has 120 valence electrons. The number of carbonyl (C=O) groups excluding carboxylic acids is 2. The van der Waals surface area contributed by atoms with E-state index in [9.17, 15) is 9.59 Å². The van der Waals surface area contributed by atoms with Gasteiger partial charge in [-0.15, -0.1) is 0 Å². The fourth-order valence-corrected chi connectivity index (χ4v) is 3.21. The van der Waals surface area contributed by atoms with Crippen molar-refractivity contribution in [3.05, 3.63) is 53.3 Å². The quantitative estimate of drug-likeness (QED) is 0.811. The SMILES string of the molecule is Cc1cc(C(=O)O[C@H]2CCCCC2=O)c(C)n1-c1ccccc1. The molecule has 1 heterocycles. The molecule has 1 aliphatic carbocycles. The van der Waals surface area contributed by atoms with E-state index >= 15 is 0 Å². The Hall–Kier alpha value is -2.36. The lowest BCUT2D eigenvalue weighted by molar-refractivity contribution is -0.129. The topological polar surface area (TPSA) is 48.3 Å². The van der Waals surface area contributed by atoms with Crippen LogP contribution in [0.15, 0.2) is 36.4 Å². The molecule has 0 N–H and O–H groups in total. The van der Waals surface area contributed by atoms with Crippen LogP contribution in [0.5, 0.6) is 0 Å². The zero-order valence-electron chi connectivity index (χ0n) is 13.5. The van der Waals surface area contributed by atoms with Crippen LogP contribution in [0, 0.1) is 13.8 Å². The number of para-hydroxylation sites is 1. The molecule has 2 aromatic rings. The van der Waals surface area contributed by atoms with Crippen molar-refractivity contribution in [3.63, 3.8) is 0 Å². The fraction of sp³-hybridized carbons (Fsp3) is 0.368. The van der Waals surface area contributed by atoms with E-state index in [0.29, 0.717) is 18.4 Å². The van der Waals surface area contributed by atoms with Crippen LogP contribution in [0.1, 0.15) is 47.4 Å². The molecule has 0 bridgehead atoms. The lowest BCUT2D eigenvalue weighted by Gasteiger charge is -2.20. The molecular formula is C19H21NO3. The van der Waals surface area contributed by atoms with Crippen molar-refractivity contribution < 1.29 is 14.3 Å². The van der Waals surface area contributed by atoms with Gasteiger partial charge in [0.1, 0.15) is 0 Å². The normalized spacial score (nSPS) is 18.0. The molecule has 1 fully saturated rings. The van der Waals surface area contributed by atoms with E-state index in [0.717, 1.165) is 29.9 Å². The first-order valence-electron chi connectivity index (χ1n) is 8.06. The van der Waals surface area contributed by atoms with Crippen LogP contribution < -0.4 is 0 Å². The predicted octanol–water partition coefficient (Wildman–Crippen LogP) is 3.76. The monoisotopic (exact) mass is 311 g/mol. The van der Waals surface area contributed by atoms with Gasteiger partial charge in [-0.1, -0.05) is 18.2 Å². The van der Waals surface area contributed by atoms with E-state index in [1.165, 1.54) is 0 Å². The molecule has 23 heavy (non-hydrogen) atoms. The molecule has 0 spiro atoms. The number of benzene rings is 1. The number of hydrogen-bond acceptors (Lipinski definition) is 3. The van der Waals surface area contributed by atoms with Crippen LogP contribution in [0.3, 0.4) is 0 Å². The highest BCUT2D eigenvalue weighted by Gasteiger charge is 2.27. The number of nitrogens with zero attached hydrogens (tertiary/aromatic N) is 1. The Morgan fingerprint density at radius 3 is 2.61 bits per heavy atom. The third-order valence-corrected chi connectivity index (χ3v) is 4.41. The Balaban J connectivity index is 1.86. The summed E-state index contributed by atoms with van der Waals surface area (Å²) in [7, 11) is 0. The minimum absolute atomic E-state index is 0.0430. The number of aryl methyl sites for hydroxylation is 1. The number of aromatic nitrogens is 1. The summed E-state index contributed by atoms with van der Waals surface area (Å²) < 4.78 is 7.50.